The third kappa shape index (κ3) is 1.91. The third-order valence-corrected chi connectivity index (χ3v) is 2.38. The molecule has 0 radical (unpaired) electrons. The molecule has 0 unspecified atom stereocenters. The highest BCUT2D eigenvalue weighted by Gasteiger charge is 2.10. The minimum atomic E-state index is -0.487. The van der Waals surface area contributed by atoms with Gasteiger partial charge >= 0.3 is 0 Å². The van der Waals surface area contributed by atoms with Crippen LogP contribution >= 0.6 is 0 Å². The molecule has 0 N–H and O–H groups in total. The van der Waals surface area contributed by atoms with Gasteiger partial charge in [-0.2, -0.15) is 0 Å². The predicted molar refractivity (Wildman–Crippen MR) is 62.3 cm³/mol. The molecule has 0 amide bonds. The van der Waals surface area contributed by atoms with Crippen LogP contribution in [0.25, 0.3) is 11.1 Å². The van der Waals surface area contributed by atoms with Gasteiger partial charge in [0.25, 0.3) is 0 Å². The van der Waals surface area contributed by atoms with Crippen LogP contribution in [0.15, 0.2) is 54.6 Å². The van der Waals surface area contributed by atoms with E-state index in [0.29, 0.717) is 11.8 Å². The van der Waals surface area contributed by atoms with Crippen molar-refractivity contribution < 1.29 is 9.59 Å². The summed E-state index contributed by atoms with van der Waals surface area (Å²) in [6.45, 7) is 0. The first kappa shape index (κ1) is 10.3. The molecule has 2 aromatic rings. The summed E-state index contributed by atoms with van der Waals surface area (Å²) in [6.07, 6.45) is 0.349. The van der Waals surface area contributed by atoms with Gasteiger partial charge in [-0.05, 0) is 11.1 Å². The van der Waals surface area contributed by atoms with Crippen LogP contribution in [0.3, 0.4) is 0 Å². The quantitative estimate of drug-likeness (QED) is 0.443. The Morgan fingerprint density at radius 1 is 0.875 bits per heavy atom. The number of carbonyl (C=O) groups is 2. The van der Waals surface area contributed by atoms with Crippen LogP contribution in [0.2, 0.25) is 0 Å². The average molecular weight is 210 g/mol. The van der Waals surface area contributed by atoms with Gasteiger partial charge in [0.05, 0.1) is 0 Å². The van der Waals surface area contributed by atoms with Gasteiger partial charge in [0, 0.05) is 5.56 Å². The highest BCUT2D eigenvalue weighted by Crippen LogP contribution is 2.23. The Hall–Kier alpha value is -2.22. The van der Waals surface area contributed by atoms with E-state index in [1.54, 1.807) is 12.1 Å². The topological polar surface area (TPSA) is 34.1 Å². The van der Waals surface area contributed by atoms with E-state index in [2.05, 4.69) is 0 Å². The van der Waals surface area contributed by atoms with Crippen molar-refractivity contribution >= 4 is 12.1 Å². The Morgan fingerprint density at radius 2 is 1.50 bits per heavy atom. The molecular formula is C14H10O2. The van der Waals surface area contributed by atoms with Crippen LogP contribution < -0.4 is 0 Å². The first-order valence-electron chi connectivity index (χ1n) is 4.97. The van der Waals surface area contributed by atoms with Crippen molar-refractivity contribution in [2.24, 2.45) is 0 Å². The molecule has 78 valence electrons. The number of hydrogen-bond donors (Lipinski definition) is 0. The Labute approximate surface area is 93.5 Å². The summed E-state index contributed by atoms with van der Waals surface area (Å²) in [7, 11) is 0. The van der Waals surface area contributed by atoms with E-state index in [9.17, 15) is 9.59 Å². The van der Waals surface area contributed by atoms with Gasteiger partial charge in [-0.3, -0.25) is 9.59 Å². The summed E-state index contributed by atoms with van der Waals surface area (Å²) in [6, 6.07) is 16.6. The zero-order chi connectivity index (χ0) is 11.4. The van der Waals surface area contributed by atoms with Gasteiger partial charge in [-0.15, -0.1) is 0 Å². The molecular weight excluding hydrogens is 200 g/mol. The lowest BCUT2D eigenvalue weighted by atomic mass is 9.98. The van der Waals surface area contributed by atoms with Gasteiger partial charge in [0.2, 0.25) is 5.78 Å². The number of carbonyl (C=O) groups excluding carboxylic acids is 2. The van der Waals surface area contributed by atoms with E-state index in [1.807, 2.05) is 42.5 Å². The average Bonchev–Trinajstić information content (AvgIpc) is 2.39. The van der Waals surface area contributed by atoms with Crippen molar-refractivity contribution in [2.45, 2.75) is 0 Å². The molecule has 0 saturated carbocycles. The molecule has 0 bridgehead atoms. The van der Waals surface area contributed by atoms with Gasteiger partial charge in [-0.1, -0.05) is 54.6 Å². The normalized spacial score (nSPS) is 9.75. The second-order valence-corrected chi connectivity index (χ2v) is 3.39. The Morgan fingerprint density at radius 3 is 2.19 bits per heavy atom. The predicted octanol–water partition coefficient (Wildman–Crippen LogP) is 2.74. The minimum absolute atomic E-state index is 0.349. The van der Waals surface area contributed by atoms with Crippen LogP contribution in [0, 0.1) is 0 Å². The van der Waals surface area contributed by atoms with Crippen molar-refractivity contribution in [3.05, 3.63) is 60.2 Å². The largest absolute Gasteiger partial charge is 0.294 e. The zero-order valence-corrected chi connectivity index (χ0v) is 8.59. The van der Waals surface area contributed by atoms with E-state index in [0.717, 1.165) is 11.1 Å². The van der Waals surface area contributed by atoms with E-state index in [1.165, 1.54) is 0 Å². The summed E-state index contributed by atoms with van der Waals surface area (Å²) in [5, 5.41) is 0. The SMILES string of the molecule is O=CC(=O)c1ccccc1-c1ccccc1. The Balaban J connectivity index is 2.57. The summed E-state index contributed by atoms with van der Waals surface area (Å²) in [5.74, 6) is -0.487. The molecule has 2 rings (SSSR count). The van der Waals surface area contributed by atoms with Gasteiger partial charge in [0.15, 0.2) is 6.29 Å². The smallest absolute Gasteiger partial charge is 0.225 e. The van der Waals surface area contributed by atoms with E-state index < -0.39 is 5.78 Å². The molecule has 2 nitrogen and oxygen atoms in total. The minimum Gasteiger partial charge on any atom is -0.294 e. The molecule has 0 aromatic heterocycles. The fraction of sp³-hybridized carbons (Fsp3) is 0. The second kappa shape index (κ2) is 4.53. The van der Waals surface area contributed by atoms with Gasteiger partial charge in [0.1, 0.15) is 0 Å². The molecule has 0 heterocycles. The molecule has 0 fully saturated rings. The maximum Gasteiger partial charge on any atom is 0.225 e. The van der Waals surface area contributed by atoms with Crippen LogP contribution in [-0.4, -0.2) is 12.1 Å². The number of Topliss-reactive ketones (excluding diaryl/α,β-unsaturated/α-hetero) is 1. The fourth-order valence-corrected chi connectivity index (χ4v) is 1.63. The Bertz CT molecular complexity index is 515. The first-order valence-corrected chi connectivity index (χ1v) is 4.97. The lowest BCUT2D eigenvalue weighted by Gasteiger charge is -2.05. The molecule has 0 aliphatic carbocycles. The summed E-state index contributed by atoms with van der Waals surface area (Å²) in [4.78, 5) is 22.0. The van der Waals surface area contributed by atoms with Crippen molar-refractivity contribution in [1.29, 1.82) is 0 Å². The van der Waals surface area contributed by atoms with Crippen LogP contribution in [0.5, 0.6) is 0 Å². The molecule has 0 atom stereocenters. The molecule has 2 heteroatoms. The molecule has 16 heavy (non-hydrogen) atoms. The number of benzene rings is 2. The summed E-state index contributed by atoms with van der Waals surface area (Å²) >= 11 is 0. The highest BCUT2D eigenvalue weighted by atomic mass is 16.2. The lowest BCUT2D eigenvalue weighted by Crippen LogP contribution is -2.01. The van der Waals surface area contributed by atoms with Crippen molar-refractivity contribution in [3.63, 3.8) is 0 Å². The van der Waals surface area contributed by atoms with Crippen LogP contribution in [0.4, 0.5) is 0 Å². The van der Waals surface area contributed by atoms with E-state index >= 15 is 0 Å². The van der Waals surface area contributed by atoms with E-state index in [4.69, 9.17) is 0 Å². The summed E-state index contributed by atoms with van der Waals surface area (Å²) in [5.41, 5.74) is 2.18. The van der Waals surface area contributed by atoms with Gasteiger partial charge < -0.3 is 0 Å². The monoisotopic (exact) mass is 210 g/mol. The lowest BCUT2D eigenvalue weighted by molar-refractivity contribution is -0.104. The van der Waals surface area contributed by atoms with Crippen LogP contribution in [0.1, 0.15) is 10.4 Å². The Kier molecular flexibility index (Phi) is 2.92. The van der Waals surface area contributed by atoms with E-state index in [-0.39, 0.29) is 0 Å². The standard InChI is InChI=1S/C14H10O2/c15-10-14(16)13-9-5-4-8-12(13)11-6-2-1-3-7-11/h1-10H. The van der Waals surface area contributed by atoms with Crippen LogP contribution in [-0.2, 0) is 4.79 Å². The first-order chi connectivity index (χ1) is 7.83. The molecule has 2 aromatic carbocycles. The zero-order valence-electron chi connectivity index (χ0n) is 8.59. The fourth-order valence-electron chi connectivity index (χ4n) is 1.63. The van der Waals surface area contributed by atoms with Crippen molar-refractivity contribution in [3.8, 4) is 11.1 Å². The molecule has 0 aliphatic rings. The third-order valence-electron chi connectivity index (χ3n) is 2.38. The molecule has 0 aliphatic heterocycles. The second-order valence-electron chi connectivity index (χ2n) is 3.39. The van der Waals surface area contributed by atoms with Crippen molar-refractivity contribution in [2.75, 3.05) is 0 Å². The van der Waals surface area contributed by atoms with Gasteiger partial charge in [-0.25, -0.2) is 0 Å². The maximum atomic E-state index is 11.4. The number of ketones is 1. The maximum absolute atomic E-state index is 11.4. The van der Waals surface area contributed by atoms with Crippen molar-refractivity contribution in [1.82, 2.24) is 0 Å². The summed E-state index contributed by atoms with van der Waals surface area (Å²) < 4.78 is 0. The number of rotatable bonds is 3. The highest BCUT2D eigenvalue weighted by molar-refractivity contribution is 6.34. The number of aldehydes is 1. The number of hydrogen-bond acceptors (Lipinski definition) is 2. The molecule has 0 spiro atoms. The molecule has 0 saturated heterocycles.